The minimum absolute atomic E-state index is 0.165. The molecule has 0 saturated heterocycles. The van der Waals surface area contributed by atoms with Crippen LogP contribution in [-0.4, -0.2) is 11.0 Å². The second-order valence-corrected chi connectivity index (χ2v) is 6.23. The Balaban J connectivity index is 1.86. The average Bonchev–Trinajstić information content (AvgIpc) is 2.51. The third-order valence-corrected chi connectivity index (χ3v) is 4.33. The molecule has 0 aliphatic carbocycles. The molecule has 0 bridgehead atoms. The first-order valence-electron chi connectivity index (χ1n) is 7.06. The largest absolute Gasteiger partial charge is 0.332 e. The monoisotopic (exact) mass is 366 g/mol. The van der Waals surface area contributed by atoms with Gasteiger partial charge in [-0.15, -0.1) is 0 Å². The van der Waals surface area contributed by atoms with Gasteiger partial charge in [0, 0.05) is 22.2 Å². The SMILES string of the molecule is Cc1c(Cl)cccc1NC(=S)NC(=O)CCc1ccccc1Cl. The van der Waals surface area contributed by atoms with E-state index in [9.17, 15) is 4.79 Å². The molecule has 2 N–H and O–H groups in total. The van der Waals surface area contributed by atoms with Crippen molar-refractivity contribution in [3.63, 3.8) is 0 Å². The van der Waals surface area contributed by atoms with Gasteiger partial charge in [0.05, 0.1) is 0 Å². The van der Waals surface area contributed by atoms with Crippen molar-refractivity contribution in [3.8, 4) is 0 Å². The van der Waals surface area contributed by atoms with Crippen LogP contribution in [0.25, 0.3) is 0 Å². The Morgan fingerprint density at radius 1 is 1.09 bits per heavy atom. The van der Waals surface area contributed by atoms with Crippen molar-refractivity contribution in [3.05, 3.63) is 63.6 Å². The summed E-state index contributed by atoms with van der Waals surface area (Å²) in [4.78, 5) is 12.0. The zero-order valence-corrected chi connectivity index (χ0v) is 14.9. The van der Waals surface area contributed by atoms with Crippen LogP contribution in [0.5, 0.6) is 0 Å². The van der Waals surface area contributed by atoms with E-state index >= 15 is 0 Å². The molecule has 6 heteroatoms. The standard InChI is InChI=1S/C17H16Cl2N2OS/c1-11-13(18)7-4-8-15(11)20-17(23)21-16(22)10-9-12-5-2-3-6-14(12)19/h2-8H,9-10H2,1H3,(H2,20,21,22,23). The summed E-state index contributed by atoms with van der Waals surface area (Å²) in [6.07, 6.45) is 0.865. The highest BCUT2D eigenvalue weighted by Gasteiger charge is 2.08. The highest BCUT2D eigenvalue weighted by atomic mass is 35.5. The van der Waals surface area contributed by atoms with Crippen molar-refractivity contribution >= 4 is 52.1 Å². The van der Waals surface area contributed by atoms with Gasteiger partial charge in [-0.05, 0) is 54.9 Å². The van der Waals surface area contributed by atoms with E-state index in [1.54, 1.807) is 6.07 Å². The highest BCUT2D eigenvalue weighted by molar-refractivity contribution is 7.80. The van der Waals surface area contributed by atoms with Crippen molar-refractivity contribution < 1.29 is 4.79 Å². The van der Waals surface area contributed by atoms with Crippen LogP contribution in [-0.2, 0) is 11.2 Å². The van der Waals surface area contributed by atoms with E-state index in [0.29, 0.717) is 22.9 Å². The molecule has 0 fully saturated rings. The van der Waals surface area contributed by atoms with Crippen LogP contribution >= 0.6 is 35.4 Å². The van der Waals surface area contributed by atoms with Gasteiger partial charge in [-0.2, -0.15) is 0 Å². The second kappa shape index (κ2) is 8.29. The molecule has 0 unspecified atom stereocenters. The van der Waals surface area contributed by atoms with E-state index < -0.39 is 0 Å². The lowest BCUT2D eigenvalue weighted by molar-refractivity contribution is -0.119. The van der Waals surface area contributed by atoms with Crippen LogP contribution in [0, 0.1) is 6.92 Å². The molecule has 0 saturated carbocycles. The molecular formula is C17H16Cl2N2OS. The molecule has 0 radical (unpaired) electrons. The summed E-state index contributed by atoms with van der Waals surface area (Å²) in [6, 6.07) is 12.9. The average molecular weight is 367 g/mol. The van der Waals surface area contributed by atoms with Crippen molar-refractivity contribution in [2.24, 2.45) is 0 Å². The molecule has 2 aromatic carbocycles. The molecule has 2 rings (SSSR count). The summed E-state index contributed by atoms with van der Waals surface area (Å²) in [6.45, 7) is 1.88. The molecule has 0 aliphatic rings. The van der Waals surface area contributed by atoms with E-state index in [0.717, 1.165) is 16.8 Å². The molecule has 0 heterocycles. The van der Waals surface area contributed by atoms with Crippen molar-refractivity contribution in [2.45, 2.75) is 19.8 Å². The molecule has 3 nitrogen and oxygen atoms in total. The first-order chi connectivity index (χ1) is 11.0. The fourth-order valence-corrected chi connectivity index (χ4v) is 2.66. The maximum Gasteiger partial charge on any atom is 0.226 e. The summed E-state index contributed by atoms with van der Waals surface area (Å²) in [7, 11) is 0. The third-order valence-electron chi connectivity index (χ3n) is 3.35. The van der Waals surface area contributed by atoms with E-state index in [1.807, 2.05) is 43.3 Å². The van der Waals surface area contributed by atoms with Gasteiger partial charge < -0.3 is 10.6 Å². The van der Waals surface area contributed by atoms with E-state index in [1.165, 1.54) is 0 Å². The zero-order chi connectivity index (χ0) is 16.8. The minimum atomic E-state index is -0.165. The lowest BCUT2D eigenvalue weighted by Crippen LogP contribution is -2.34. The normalized spacial score (nSPS) is 10.2. The quantitative estimate of drug-likeness (QED) is 0.767. The topological polar surface area (TPSA) is 41.1 Å². The number of anilines is 1. The Kier molecular flexibility index (Phi) is 6.39. The number of carbonyl (C=O) groups is 1. The minimum Gasteiger partial charge on any atom is -0.332 e. The van der Waals surface area contributed by atoms with Crippen LogP contribution in [0.1, 0.15) is 17.5 Å². The predicted octanol–water partition coefficient (Wildman–Crippen LogP) is 4.75. The molecule has 0 aromatic heterocycles. The third kappa shape index (κ3) is 5.20. The van der Waals surface area contributed by atoms with Crippen molar-refractivity contribution in [2.75, 3.05) is 5.32 Å². The van der Waals surface area contributed by atoms with E-state index in [2.05, 4.69) is 10.6 Å². The molecular weight excluding hydrogens is 351 g/mol. The number of benzene rings is 2. The lowest BCUT2D eigenvalue weighted by Gasteiger charge is -2.12. The van der Waals surface area contributed by atoms with Crippen LogP contribution < -0.4 is 10.6 Å². The number of rotatable bonds is 4. The fraction of sp³-hybridized carbons (Fsp3) is 0.176. The van der Waals surface area contributed by atoms with Gasteiger partial charge >= 0.3 is 0 Å². The molecule has 0 spiro atoms. The van der Waals surface area contributed by atoms with Crippen LogP contribution in [0.3, 0.4) is 0 Å². The maximum absolute atomic E-state index is 12.0. The van der Waals surface area contributed by atoms with Gasteiger partial charge in [-0.25, -0.2) is 0 Å². The van der Waals surface area contributed by atoms with Gasteiger partial charge in [0.1, 0.15) is 0 Å². The van der Waals surface area contributed by atoms with Crippen molar-refractivity contribution in [1.29, 1.82) is 0 Å². The number of aryl methyl sites for hydroxylation is 1. The maximum atomic E-state index is 12.0. The second-order valence-electron chi connectivity index (χ2n) is 5.01. The summed E-state index contributed by atoms with van der Waals surface area (Å²) >= 11 is 17.3. The summed E-state index contributed by atoms with van der Waals surface area (Å²) in [5.41, 5.74) is 2.59. The molecule has 0 atom stereocenters. The Morgan fingerprint density at radius 2 is 1.78 bits per heavy atom. The van der Waals surface area contributed by atoms with Gasteiger partial charge in [0.25, 0.3) is 0 Å². The fourth-order valence-electron chi connectivity index (χ4n) is 2.03. The Morgan fingerprint density at radius 3 is 2.52 bits per heavy atom. The number of amides is 1. The smallest absolute Gasteiger partial charge is 0.226 e. The zero-order valence-electron chi connectivity index (χ0n) is 12.5. The van der Waals surface area contributed by atoms with Gasteiger partial charge in [-0.1, -0.05) is 47.5 Å². The lowest BCUT2D eigenvalue weighted by atomic mass is 10.1. The molecule has 120 valence electrons. The number of hydrogen-bond acceptors (Lipinski definition) is 2. The number of hydrogen-bond donors (Lipinski definition) is 2. The summed E-state index contributed by atoms with van der Waals surface area (Å²) in [5, 5.41) is 7.19. The van der Waals surface area contributed by atoms with Gasteiger partial charge in [-0.3, -0.25) is 4.79 Å². The van der Waals surface area contributed by atoms with Crippen LogP contribution in [0.2, 0.25) is 10.0 Å². The molecule has 23 heavy (non-hydrogen) atoms. The number of carbonyl (C=O) groups excluding carboxylic acids is 1. The summed E-state index contributed by atoms with van der Waals surface area (Å²) in [5.74, 6) is -0.165. The number of nitrogens with one attached hydrogen (secondary N) is 2. The number of halogens is 2. The predicted molar refractivity (Wildman–Crippen MR) is 100 cm³/mol. The molecule has 0 aliphatic heterocycles. The molecule has 2 aromatic rings. The van der Waals surface area contributed by atoms with Crippen molar-refractivity contribution in [1.82, 2.24) is 5.32 Å². The Hall–Kier alpha value is -1.62. The first-order valence-corrected chi connectivity index (χ1v) is 8.23. The van der Waals surface area contributed by atoms with E-state index in [4.69, 9.17) is 35.4 Å². The number of thiocarbonyl (C=S) groups is 1. The first kappa shape index (κ1) is 17.7. The van der Waals surface area contributed by atoms with E-state index in [-0.39, 0.29) is 11.0 Å². The molecule has 1 amide bonds. The van der Waals surface area contributed by atoms with Crippen LogP contribution in [0.4, 0.5) is 5.69 Å². The van der Waals surface area contributed by atoms with Gasteiger partial charge in [0.2, 0.25) is 5.91 Å². The Labute approximate surface area is 151 Å². The highest BCUT2D eigenvalue weighted by Crippen LogP contribution is 2.22. The summed E-state index contributed by atoms with van der Waals surface area (Å²) < 4.78 is 0. The Bertz CT molecular complexity index is 734. The van der Waals surface area contributed by atoms with Gasteiger partial charge in [0.15, 0.2) is 5.11 Å². The van der Waals surface area contributed by atoms with Crippen LogP contribution in [0.15, 0.2) is 42.5 Å².